The van der Waals surface area contributed by atoms with Crippen LogP contribution in [0.1, 0.15) is 39.0 Å². The molecule has 16 heavy (non-hydrogen) atoms. The molecule has 0 unspecified atom stereocenters. The summed E-state index contributed by atoms with van der Waals surface area (Å²) in [5.41, 5.74) is 0. The van der Waals surface area contributed by atoms with Crippen LogP contribution in [-0.2, 0) is 9.59 Å². The second-order valence-corrected chi connectivity index (χ2v) is 4.60. The van der Waals surface area contributed by atoms with Gasteiger partial charge in [-0.05, 0) is 19.3 Å². The number of amides is 1. The average Bonchev–Trinajstić information content (AvgIpc) is 2.73. The van der Waals surface area contributed by atoms with Crippen LogP contribution in [0.3, 0.4) is 0 Å². The molecule has 1 aliphatic rings. The highest BCUT2D eigenvalue weighted by molar-refractivity contribution is 5.85. The molecule has 2 atom stereocenters. The second kappa shape index (κ2) is 5.87. The van der Waals surface area contributed by atoms with Crippen molar-refractivity contribution in [2.75, 3.05) is 13.6 Å². The van der Waals surface area contributed by atoms with E-state index in [2.05, 4.69) is 6.92 Å². The van der Waals surface area contributed by atoms with Crippen molar-refractivity contribution in [3.05, 3.63) is 0 Å². The van der Waals surface area contributed by atoms with E-state index in [0.717, 1.165) is 32.2 Å². The summed E-state index contributed by atoms with van der Waals surface area (Å²) < 4.78 is 0. The lowest BCUT2D eigenvalue weighted by Crippen LogP contribution is -2.37. The molecule has 0 aromatic rings. The second-order valence-electron chi connectivity index (χ2n) is 4.60. The van der Waals surface area contributed by atoms with Crippen LogP contribution < -0.4 is 0 Å². The van der Waals surface area contributed by atoms with Gasteiger partial charge in [0.25, 0.3) is 0 Å². The molecule has 1 fully saturated rings. The first-order chi connectivity index (χ1) is 7.57. The molecule has 0 aliphatic heterocycles. The molecule has 4 nitrogen and oxygen atoms in total. The number of carboxylic acid groups (broad SMARTS) is 1. The maximum Gasteiger partial charge on any atom is 0.307 e. The molecule has 0 saturated heterocycles. The SMILES string of the molecule is CCCCN(C)C(=O)[C@@H]1CCC[C@@H]1C(=O)O. The van der Waals surface area contributed by atoms with E-state index < -0.39 is 11.9 Å². The molecule has 0 bridgehead atoms. The number of carbonyl (C=O) groups excluding carboxylic acids is 1. The third-order valence-corrected chi connectivity index (χ3v) is 3.37. The van der Waals surface area contributed by atoms with Crippen LogP contribution in [0, 0.1) is 11.8 Å². The molecule has 1 N–H and O–H groups in total. The quantitative estimate of drug-likeness (QED) is 0.778. The lowest BCUT2D eigenvalue weighted by Gasteiger charge is -2.23. The summed E-state index contributed by atoms with van der Waals surface area (Å²) in [4.78, 5) is 24.7. The molecule has 1 aliphatic carbocycles. The zero-order valence-corrected chi connectivity index (χ0v) is 10.1. The molecule has 0 heterocycles. The number of nitrogens with zero attached hydrogens (tertiary/aromatic N) is 1. The summed E-state index contributed by atoms with van der Waals surface area (Å²) in [7, 11) is 1.77. The first-order valence-corrected chi connectivity index (χ1v) is 6.05. The summed E-state index contributed by atoms with van der Waals surface area (Å²) in [5, 5.41) is 9.02. The number of rotatable bonds is 5. The number of aliphatic carboxylic acids is 1. The molecule has 92 valence electrons. The fourth-order valence-corrected chi connectivity index (χ4v) is 2.34. The predicted molar refractivity (Wildman–Crippen MR) is 61.0 cm³/mol. The van der Waals surface area contributed by atoms with Crippen LogP contribution in [0.15, 0.2) is 0 Å². The van der Waals surface area contributed by atoms with E-state index in [1.54, 1.807) is 11.9 Å². The van der Waals surface area contributed by atoms with Crippen molar-refractivity contribution in [1.82, 2.24) is 4.90 Å². The Morgan fingerprint density at radius 3 is 2.50 bits per heavy atom. The molecule has 1 amide bonds. The summed E-state index contributed by atoms with van der Waals surface area (Å²) in [6, 6.07) is 0. The number of hydrogen-bond donors (Lipinski definition) is 1. The van der Waals surface area contributed by atoms with Crippen LogP contribution in [0.2, 0.25) is 0 Å². The highest BCUT2D eigenvalue weighted by atomic mass is 16.4. The third kappa shape index (κ3) is 2.97. The van der Waals surface area contributed by atoms with Gasteiger partial charge in [0.15, 0.2) is 0 Å². The Morgan fingerprint density at radius 2 is 1.94 bits per heavy atom. The monoisotopic (exact) mass is 227 g/mol. The van der Waals surface area contributed by atoms with E-state index in [9.17, 15) is 9.59 Å². The van der Waals surface area contributed by atoms with Gasteiger partial charge in [0.05, 0.1) is 11.8 Å². The van der Waals surface area contributed by atoms with Gasteiger partial charge in [0, 0.05) is 13.6 Å². The Kier molecular flexibility index (Phi) is 4.77. The van der Waals surface area contributed by atoms with Crippen molar-refractivity contribution >= 4 is 11.9 Å². The largest absolute Gasteiger partial charge is 0.481 e. The van der Waals surface area contributed by atoms with Gasteiger partial charge < -0.3 is 10.0 Å². The van der Waals surface area contributed by atoms with Gasteiger partial charge >= 0.3 is 5.97 Å². The molecule has 0 aromatic heterocycles. The van der Waals surface area contributed by atoms with E-state index in [1.165, 1.54) is 0 Å². The Labute approximate surface area is 96.6 Å². The van der Waals surface area contributed by atoms with Crippen molar-refractivity contribution in [3.8, 4) is 0 Å². The van der Waals surface area contributed by atoms with Gasteiger partial charge in [-0.3, -0.25) is 9.59 Å². The third-order valence-electron chi connectivity index (χ3n) is 3.37. The maximum atomic E-state index is 12.0. The van der Waals surface area contributed by atoms with E-state index in [-0.39, 0.29) is 11.8 Å². The Morgan fingerprint density at radius 1 is 1.31 bits per heavy atom. The summed E-state index contributed by atoms with van der Waals surface area (Å²) in [5.74, 6) is -1.56. The predicted octanol–water partition coefficient (Wildman–Crippen LogP) is 1.75. The molecule has 1 saturated carbocycles. The average molecular weight is 227 g/mol. The highest BCUT2D eigenvalue weighted by Crippen LogP contribution is 2.33. The summed E-state index contributed by atoms with van der Waals surface area (Å²) in [6.45, 7) is 2.81. The topological polar surface area (TPSA) is 57.6 Å². The van der Waals surface area contributed by atoms with Crippen molar-refractivity contribution < 1.29 is 14.7 Å². The number of carboxylic acids is 1. The summed E-state index contributed by atoms with van der Waals surface area (Å²) in [6.07, 6.45) is 4.26. The van der Waals surface area contributed by atoms with E-state index in [4.69, 9.17) is 5.11 Å². The first kappa shape index (κ1) is 13.0. The lowest BCUT2D eigenvalue weighted by atomic mass is 9.95. The van der Waals surface area contributed by atoms with Gasteiger partial charge in [0.1, 0.15) is 0 Å². The first-order valence-electron chi connectivity index (χ1n) is 6.05. The molecular weight excluding hydrogens is 206 g/mol. The van der Waals surface area contributed by atoms with Gasteiger partial charge in [-0.25, -0.2) is 0 Å². The molecule has 1 rings (SSSR count). The van der Waals surface area contributed by atoms with Gasteiger partial charge in [-0.1, -0.05) is 19.8 Å². The Hall–Kier alpha value is -1.06. The molecule has 0 aromatic carbocycles. The number of unbranched alkanes of at least 4 members (excludes halogenated alkanes) is 1. The normalized spacial score (nSPS) is 24.4. The molecular formula is C12H21NO3. The fraction of sp³-hybridized carbons (Fsp3) is 0.833. The molecule has 0 spiro atoms. The Bertz CT molecular complexity index is 265. The van der Waals surface area contributed by atoms with Crippen molar-refractivity contribution in [3.63, 3.8) is 0 Å². The Balaban J connectivity index is 2.55. The van der Waals surface area contributed by atoms with Crippen LogP contribution in [0.5, 0.6) is 0 Å². The molecule has 0 radical (unpaired) electrons. The number of carbonyl (C=O) groups is 2. The zero-order chi connectivity index (χ0) is 12.1. The highest BCUT2D eigenvalue weighted by Gasteiger charge is 2.38. The van der Waals surface area contributed by atoms with E-state index in [0.29, 0.717) is 6.42 Å². The minimum atomic E-state index is -0.820. The van der Waals surface area contributed by atoms with Crippen molar-refractivity contribution in [2.45, 2.75) is 39.0 Å². The van der Waals surface area contributed by atoms with Crippen molar-refractivity contribution in [1.29, 1.82) is 0 Å². The van der Waals surface area contributed by atoms with Crippen LogP contribution in [0.4, 0.5) is 0 Å². The number of hydrogen-bond acceptors (Lipinski definition) is 2. The minimum Gasteiger partial charge on any atom is -0.481 e. The van der Waals surface area contributed by atoms with E-state index >= 15 is 0 Å². The lowest BCUT2D eigenvalue weighted by molar-refractivity contribution is -0.148. The smallest absolute Gasteiger partial charge is 0.307 e. The molecule has 4 heteroatoms. The van der Waals surface area contributed by atoms with Crippen LogP contribution in [-0.4, -0.2) is 35.5 Å². The summed E-state index contributed by atoms with van der Waals surface area (Å²) >= 11 is 0. The van der Waals surface area contributed by atoms with Gasteiger partial charge in [-0.2, -0.15) is 0 Å². The fourth-order valence-electron chi connectivity index (χ4n) is 2.34. The van der Waals surface area contributed by atoms with Crippen LogP contribution in [0.25, 0.3) is 0 Å². The standard InChI is InChI=1S/C12H21NO3/c1-3-4-8-13(2)11(14)9-6-5-7-10(9)12(15)16/h9-10H,3-8H2,1-2H3,(H,15,16)/t9-,10+/m1/s1. The van der Waals surface area contributed by atoms with Gasteiger partial charge in [0.2, 0.25) is 5.91 Å². The van der Waals surface area contributed by atoms with E-state index in [1.807, 2.05) is 0 Å². The zero-order valence-electron chi connectivity index (χ0n) is 10.1. The van der Waals surface area contributed by atoms with Crippen molar-refractivity contribution in [2.24, 2.45) is 11.8 Å². The van der Waals surface area contributed by atoms with Gasteiger partial charge in [-0.15, -0.1) is 0 Å². The van der Waals surface area contributed by atoms with Crippen LogP contribution >= 0.6 is 0 Å². The maximum absolute atomic E-state index is 12.0. The minimum absolute atomic E-state index is 0.0124.